The van der Waals surface area contributed by atoms with Crippen LogP contribution in [0.15, 0.2) is 24.5 Å². The smallest absolute Gasteiger partial charge is 0.167 e. The molecule has 0 amide bonds. The molecule has 0 aliphatic carbocycles. The number of aromatic hydroxyl groups is 1. The first-order chi connectivity index (χ1) is 13.9. The second-order valence-corrected chi connectivity index (χ2v) is 7.07. The Kier molecular flexibility index (Phi) is 5.09. The Morgan fingerprint density at radius 2 is 2.00 bits per heavy atom. The quantitative estimate of drug-likeness (QED) is 0.464. The van der Waals surface area contributed by atoms with Crippen molar-refractivity contribution >= 4 is 22.7 Å². The van der Waals surface area contributed by atoms with Gasteiger partial charge >= 0.3 is 0 Å². The van der Waals surface area contributed by atoms with Crippen molar-refractivity contribution in [1.29, 1.82) is 0 Å². The van der Waals surface area contributed by atoms with Gasteiger partial charge in [-0.25, -0.2) is 15.0 Å². The van der Waals surface area contributed by atoms with Crippen molar-refractivity contribution in [2.75, 3.05) is 19.0 Å². The van der Waals surface area contributed by atoms with Gasteiger partial charge in [0.25, 0.3) is 0 Å². The van der Waals surface area contributed by atoms with Crippen LogP contribution in [0, 0.1) is 13.8 Å². The minimum atomic E-state index is -1.15. The van der Waals surface area contributed by atoms with E-state index in [0.717, 1.165) is 11.3 Å². The van der Waals surface area contributed by atoms with Crippen molar-refractivity contribution in [3.63, 3.8) is 0 Å². The molecule has 0 radical (unpaired) electrons. The van der Waals surface area contributed by atoms with Crippen LogP contribution in [0.2, 0.25) is 0 Å². The Morgan fingerprint density at radius 3 is 2.72 bits per heavy atom. The van der Waals surface area contributed by atoms with Crippen LogP contribution in [-0.4, -0.2) is 66.9 Å². The van der Waals surface area contributed by atoms with E-state index in [1.54, 1.807) is 29.7 Å². The molecule has 4 atom stereocenters. The average Bonchev–Trinajstić information content (AvgIpc) is 3.20. The maximum atomic E-state index is 10.5. The fraction of sp³-hybridized carbons (Fsp3) is 0.421. The summed E-state index contributed by atoms with van der Waals surface area (Å²) in [5, 5.41) is 33.5. The number of rotatable bonds is 5. The summed E-state index contributed by atoms with van der Waals surface area (Å²) in [5.41, 5.74) is 2.56. The zero-order valence-electron chi connectivity index (χ0n) is 16.3. The normalized spacial score (nSPS) is 24.3. The van der Waals surface area contributed by atoms with Gasteiger partial charge in [0, 0.05) is 12.8 Å². The molecule has 10 heteroatoms. The van der Waals surface area contributed by atoms with E-state index in [2.05, 4.69) is 20.3 Å². The summed E-state index contributed by atoms with van der Waals surface area (Å²) in [6.45, 7) is 3.77. The number of fused-ring (bicyclic) bond motifs is 1. The van der Waals surface area contributed by atoms with Crippen molar-refractivity contribution in [1.82, 2.24) is 19.5 Å². The predicted molar refractivity (Wildman–Crippen MR) is 104 cm³/mol. The van der Waals surface area contributed by atoms with Crippen LogP contribution >= 0.6 is 0 Å². The number of phenols is 1. The molecule has 2 aromatic heterocycles. The Labute approximate surface area is 166 Å². The number of imidazole rings is 1. The van der Waals surface area contributed by atoms with Gasteiger partial charge in [-0.05, 0) is 37.6 Å². The number of hydrogen-bond donors (Lipinski definition) is 4. The summed E-state index contributed by atoms with van der Waals surface area (Å²) in [7, 11) is 1.50. The van der Waals surface area contributed by atoms with E-state index < -0.39 is 24.5 Å². The topological polar surface area (TPSA) is 135 Å². The second kappa shape index (κ2) is 7.56. The molecule has 2 unspecified atom stereocenters. The van der Waals surface area contributed by atoms with Gasteiger partial charge in [0.15, 0.2) is 23.2 Å². The number of ether oxygens (including phenoxy) is 2. The van der Waals surface area contributed by atoms with Gasteiger partial charge in [-0.1, -0.05) is 0 Å². The van der Waals surface area contributed by atoms with E-state index in [4.69, 9.17) is 9.47 Å². The Hall–Kier alpha value is -2.79. The van der Waals surface area contributed by atoms with Gasteiger partial charge in [-0.2, -0.15) is 0 Å². The third kappa shape index (κ3) is 3.51. The molecule has 0 saturated carbocycles. The van der Waals surface area contributed by atoms with Crippen LogP contribution in [0.5, 0.6) is 5.75 Å². The monoisotopic (exact) mass is 401 g/mol. The number of aromatic nitrogens is 4. The number of aryl methyl sites for hydroxylation is 2. The van der Waals surface area contributed by atoms with Crippen LogP contribution < -0.4 is 5.32 Å². The van der Waals surface area contributed by atoms with E-state index in [9.17, 15) is 15.3 Å². The highest BCUT2D eigenvalue weighted by Gasteiger charge is 2.44. The van der Waals surface area contributed by atoms with Crippen LogP contribution in [0.1, 0.15) is 17.6 Å². The highest BCUT2D eigenvalue weighted by molar-refractivity contribution is 5.86. The molecule has 4 rings (SSSR count). The minimum Gasteiger partial charge on any atom is -0.508 e. The number of anilines is 2. The lowest BCUT2D eigenvalue weighted by Crippen LogP contribution is -2.33. The molecule has 1 aromatic carbocycles. The van der Waals surface area contributed by atoms with Crippen LogP contribution in [0.4, 0.5) is 11.5 Å². The van der Waals surface area contributed by atoms with Crippen LogP contribution in [0.25, 0.3) is 11.2 Å². The SMILES string of the molecule is COC[C@H]1O[C@@H](n2cnc3c(Nc4ccc(O)cc4C)nc(C)nc32)C(O)C1O. The zero-order chi connectivity index (χ0) is 20.7. The van der Waals surface area contributed by atoms with Gasteiger partial charge < -0.3 is 30.1 Å². The first kappa shape index (κ1) is 19.5. The Balaban J connectivity index is 1.72. The fourth-order valence-electron chi connectivity index (χ4n) is 3.48. The number of aliphatic hydroxyl groups is 2. The number of nitrogens with zero attached hydrogens (tertiary/aromatic N) is 4. The summed E-state index contributed by atoms with van der Waals surface area (Å²) in [6.07, 6.45) is -2.25. The molecule has 154 valence electrons. The zero-order valence-corrected chi connectivity index (χ0v) is 16.3. The summed E-state index contributed by atoms with van der Waals surface area (Å²) in [4.78, 5) is 13.3. The van der Waals surface area contributed by atoms with E-state index in [-0.39, 0.29) is 12.4 Å². The van der Waals surface area contributed by atoms with E-state index in [0.29, 0.717) is 22.8 Å². The standard InChI is InChI=1S/C19H23N5O5/c1-9-6-11(25)4-5-12(9)23-17-14-18(22-10(2)21-17)24(8-20-14)19-16(27)15(26)13(29-19)7-28-3/h4-6,8,13,15-16,19,25-27H,7H2,1-3H3,(H,21,22,23)/t13-,15?,16?,19-/m1/s1. The molecule has 1 aliphatic rings. The van der Waals surface area contributed by atoms with E-state index >= 15 is 0 Å². The molecule has 0 bridgehead atoms. The number of benzene rings is 1. The lowest BCUT2D eigenvalue weighted by molar-refractivity contribution is -0.0580. The number of phenolic OH excluding ortho intramolecular Hbond substituents is 1. The van der Waals surface area contributed by atoms with Gasteiger partial charge in [0.1, 0.15) is 29.9 Å². The molecular weight excluding hydrogens is 378 g/mol. The van der Waals surface area contributed by atoms with Gasteiger partial charge in [-0.3, -0.25) is 4.57 Å². The Morgan fingerprint density at radius 1 is 1.21 bits per heavy atom. The van der Waals surface area contributed by atoms with Crippen LogP contribution in [0.3, 0.4) is 0 Å². The predicted octanol–water partition coefficient (Wildman–Crippen LogP) is 1.16. The number of methoxy groups -OCH3 is 1. The molecular formula is C19H23N5O5. The van der Waals surface area contributed by atoms with Crippen molar-refractivity contribution in [3.05, 3.63) is 35.9 Å². The summed E-state index contributed by atoms with van der Waals surface area (Å²) in [6, 6.07) is 4.98. The van der Waals surface area contributed by atoms with Crippen molar-refractivity contribution in [3.8, 4) is 5.75 Å². The summed E-state index contributed by atoms with van der Waals surface area (Å²) >= 11 is 0. The highest BCUT2D eigenvalue weighted by atomic mass is 16.6. The third-order valence-electron chi connectivity index (χ3n) is 4.94. The first-order valence-corrected chi connectivity index (χ1v) is 9.17. The average molecular weight is 401 g/mol. The molecule has 1 fully saturated rings. The van der Waals surface area contributed by atoms with Gasteiger partial charge in [0.05, 0.1) is 12.9 Å². The molecule has 4 N–H and O–H groups in total. The Bertz CT molecular complexity index is 1040. The van der Waals surface area contributed by atoms with E-state index in [1.807, 2.05) is 6.92 Å². The molecule has 3 heterocycles. The van der Waals surface area contributed by atoms with Gasteiger partial charge in [-0.15, -0.1) is 0 Å². The minimum absolute atomic E-state index is 0.155. The number of hydrogen-bond acceptors (Lipinski definition) is 9. The maximum absolute atomic E-state index is 10.5. The molecule has 10 nitrogen and oxygen atoms in total. The lowest BCUT2D eigenvalue weighted by atomic mass is 10.1. The van der Waals surface area contributed by atoms with Crippen molar-refractivity contribution in [2.24, 2.45) is 0 Å². The highest BCUT2D eigenvalue weighted by Crippen LogP contribution is 2.33. The molecule has 1 aliphatic heterocycles. The van der Waals surface area contributed by atoms with Crippen LogP contribution in [-0.2, 0) is 9.47 Å². The molecule has 29 heavy (non-hydrogen) atoms. The van der Waals surface area contributed by atoms with Crippen molar-refractivity contribution < 1.29 is 24.8 Å². The second-order valence-electron chi connectivity index (χ2n) is 7.07. The van der Waals surface area contributed by atoms with Gasteiger partial charge in [0.2, 0.25) is 0 Å². The summed E-state index contributed by atoms with van der Waals surface area (Å²) in [5.74, 6) is 1.17. The molecule has 3 aromatic rings. The fourth-order valence-corrected chi connectivity index (χ4v) is 3.48. The third-order valence-corrected chi connectivity index (χ3v) is 4.94. The molecule has 0 spiro atoms. The largest absolute Gasteiger partial charge is 0.508 e. The number of aliphatic hydroxyl groups excluding tert-OH is 2. The van der Waals surface area contributed by atoms with Crippen molar-refractivity contribution in [2.45, 2.75) is 38.4 Å². The summed E-state index contributed by atoms with van der Waals surface area (Å²) < 4.78 is 12.4. The first-order valence-electron chi connectivity index (χ1n) is 9.17. The molecule has 1 saturated heterocycles. The lowest BCUT2D eigenvalue weighted by Gasteiger charge is -2.17. The maximum Gasteiger partial charge on any atom is 0.167 e. The number of nitrogens with one attached hydrogen (secondary N) is 1. The van der Waals surface area contributed by atoms with E-state index in [1.165, 1.54) is 13.4 Å².